The zero-order chi connectivity index (χ0) is 15.4. The molecule has 110 valence electrons. The molecule has 0 aliphatic heterocycles. The van der Waals surface area contributed by atoms with E-state index in [0.29, 0.717) is 0 Å². The molecular weight excluding hydrogens is 330 g/mol. The Balaban J connectivity index is 2.27. The van der Waals surface area contributed by atoms with E-state index >= 15 is 0 Å². The van der Waals surface area contributed by atoms with Crippen LogP contribution in [0.3, 0.4) is 0 Å². The second-order valence-electron chi connectivity index (χ2n) is 4.85. The first-order valence-electron chi connectivity index (χ1n) is 6.70. The summed E-state index contributed by atoms with van der Waals surface area (Å²) in [5.74, 6) is 0.560. The maximum absolute atomic E-state index is 12.7. The standard InChI is InChI=1S/C17H18BrNO2/c1-12(13-7-5-4-6-8-13)17(20)19(2)16-11-14(21-3)9-10-15(16)18/h4-12H,1-3H3. The fourth-order valence-electron chi connectivity index (χ4n) is 2.17. The largest absolute Gasteiger partial charge is 0.497 e. The SMILES string of the molecule is COc1ccc(Br)c(N(C)C(=O)C(C)c2ccccc2)c1. The average Bonchev–Trinajstić information content (AvgIpc) is 2.54. The smallest absolute Gasteiger partial charge is 0.234 e. The lowest BCUT2D eigenvalue weighted by atomic mass is 10.00. The van der Waals surface area contributed by atoms with Crippen LogP contribution < -0.4 is 9.64 Å². The average molecular weight is 348 g/mol. The molecular formula is C17H18BrNO2. The number of ether oxygens (including phenoxy) is 1. The Morgan fingerprint density at radius 1 is 1.19 bits per heavy atom. The lowest BCUT2D eigenvalue weighted by Gasteiger charge is -2.23. The zero-order valence-electron chi connectivity index (χ0n) is 12.3. The van der Waals surface area contributed by atoms with Crippen LogP contribution in [-0.4, -0.2) is 20.1 Å². The molecule has 2 aromatic carbocycles. The van der Waals surface area contributed by atoms with Crippen molar-refractivity contribution in [3.8, 4) is 5.75 Å². The Morgan fingerprint density at radius 3 is 2.48 bits per heavy atom. The van der Waals surface area contributed by atoms with Gasteiger partial charge in [0.1, 0.15) is 5.75 Å². The third-order valence-electron chi connectivity index (χ3n) is 3.52. The Labute approximate surface area is 133 Å². The molecule has 21 heavy (non-hydrogen) atoms. The van der Waals surface area contributed by atoms with Gasteiger partial charge in [0.05, 0.1) is 18.7 Å². The molecule has 1 amide bonds. The first-order chi connectivity index (χ1) is 10.0. The van der Waals surface area contributed by atoms with E-state index in [4.69, 9.17) is 4.74 Å². The van der Waals surface area contributed by atoms with Crippen molar-refractivity contribution in [3.63, 3.8) is 0 Å². The maximum Gasteiger partial charge on any atom is 0.234 e. The molecule has 3 nitrogen and oxygen atoms in total. The number of hydrogen-bond acceptors (Lipinski definition) is 2. The van der Waals surface area contributed by atoms with Gasteiger partial charge in [0.15, 0.2) is 0 Å². The fraction of sp³-hybridized carbons (Fsp3) is 0.235. The predicted octanol–water partition coefficient (Wildman–Crippen LogP) is 4.22. The van der Waals surface area contributed by atoms with Crippen LogP contribution in [0.2, 0.25) is 0 Å². The molecule has 2 rings (SSSR count). The van der Waals surface area contributed by atoms with E-state index in [9.17, 15) is 4.79 Å². The number of nitrogens with zero attached hydrogens (tertiary/aromatic N) is 1. The van der Waals surface area contributed by atoms with E-state index in [1.54, 1.807) is 19.1 Å². The summed E-state index contributed by atoms with van der Waals surface area (Å²) in [5, 5.41) is 0. The van der Waals surface area contributed by atoms with Gasteiger partial charge in [-0.2, -0.15) is 0 Å². The van der Waals surface area contributed by atoms with Gasteiger partial charge in [0.25, 0.3) is 0 Å². The summed E-state index contributed by atoms with van der Waals surface area (Å²) >= 11 is 3.48. The fourth-order valence-corrected chi connectivity index (χ4v) is 2.68. The lowest BCUT2D eigenvalue weighted by molar-refractivity contribution is -0.119. The number of likely N-dealkylation sites (N-methyl/N-ethyl adjacent to an activating group) is 1. The Morgan fingerprint density at radius 2 is 1.86 bits per heavy atom. The molecule has 0 aromatic heterocycles. The van der Waals surface area contributed by atoms with Crippen molar-refractivity contribution >= 4 is 27.5 Å². The van der Waals surface area contributed by atoms with Crippen LogP contribution in [-0.2, 0) is 4.79 Å². The van der Waals surface area contributed by atoms with Crippen molar-refractivity contribution in [1.29, 1.82) is 0 Å². The van der Waals surface area contributed by atoms with Gasteiger partial charge in [-0.15, -0.1) is 0 Å². The van der Waals surface area contributed by atoms with Crippen LogP contribution in [0.4, 0.5) is 5.69 Å². The Kier molecular flexibility index (Phi) is 5.02. The van der Waals surface area contributed by atoms with Gasteiger partial charge in [0.2, 0.25) is 5.91 Å². The van der Waals surface area contributed by atoms with Crippen molar-refractivity contribution < 1.29 is 9.53 Å². The second-order valence-corrected chi connectivity index (χ2v) is 5.70. The normalized spacial score (nSPS) is 11.8. The Hall–Kier alpha value is -1.81. The molecule has 0 spiro atoms. The van der Waals surface area contributed by atoms with Crippen LogP contribution in [0, 0.1) is 0 Å². The summed E-state index contributed by atoms with van der Waals surface area (Å²) in [6.07, 6.45) is 0. The van der Waals surface area contributed by atoms with E-state index in [1.165, 1.54) is 0 Å². The lowest BCUT2D eigenvalue weighted by Crippen LogP contribution is -2.30. The number of carbonyl (C=O) groups excluding carboxylic acids is 1. The summed E-state index contributed by atoms with van der Waals surface area (Å²) in [7, 11) is 3.39. The predicted molar refractivity (Wildman–Crippen MR) is 89.0 cm³/mol. The highest BCUT2D eigenvalue weighted by molar-refractivity contribution is 9.10. The Bertz CT molecular complexity index is 628. The van der Waals surface area contributed by atoms with Crippen molar-refractivity contribution in [2.45, 2.75) is 12.8 Å². The van der Waals surface area contributed by atoms with E-state index in [2.05, 4.69) is 15.9 Å². The summed E-state index contributed by atoms with van der Waals surface area (Å²) in [4.78, 5) is 14.3. The van der Waals surface area contributed by atoms with Gasteiger partial charge in [0, 0.05) is 17.6 Å². The third-order valence-corrected chi connectivity index (χ3v) is 4.19. The van der Waals surface area contributed by atoms with E-state index in [-0.39, 0.29) is 11.8 Å². The number of methoxy groups -OCH3 is 1. The molecule has 0 aliphatic rings. The number of hydrogen-bond donors (Lipinski definition) is 0. The first-order valence-corrected chi connectivity index (χ1v) is 7.50. The molecule has 0 saturated heterocycles. The van der Waals surface area contributed by atoms with Crippen LogP contribution in [0.15, 0.2) is 53.0 Å². The first kappa shape index (κ1) is 15.6. The molecule has 0 saturated carbocycles. The van der Waals surface area contributed by atoms with Crippen LogP contribution >= 0.6 is 15.9 Å². The highest BCUT2D eigenvalue weighted by atomic mass is 79.9. The minimum atomic E-state index is -0.200. The van der Waals surface area contributed by atoms with Gasteiger partial charge in [-0.1, -0.05) is 30.3 Å². The minimum absolute atomic E-state index is 0.0372. The summed E-state index contributed by atoms with van der Waals surface area (Å²) in [6.45, 7) is 1.92. The molecule has 0 aliphatic carbocycles. The van der Waals surface area contributed by atoms with E-state index in [1.807, 2.05) is 55.5 Å². The molecule has 2 aromatic rings. The molecule has 1 unspecified atom stereocenters. The van der Waals surface area contributed by atoms with Gasteiger partial charge in [-0.05, 0) is 40.5 Å². The van der Waals surface area contributed by atoms with Crippen LogP contribution in [0.1, 0.15) is 18.4 Å². The van der Waals surface area contributed by atoms with Gasteiger partial charge >= 0.3 is 0 Å². The number of benzene rings is 2. The highest BCUT2D eigenvalue weighted by Gasteiger charge is 2.21. The number of amides is 1. The van der Waals surface area contributed by atoms with Gasteiger partial charge in [-0.25, -0.2) is 0 Å². The van der Waals surface area contributed by atoms with Crippen molar-refractivity contribution in [1.82, 2.24) is 0 Å². The summed E-state index contributed by atoms with van der Waals surface area (Å²) in [5.41, 5.74) is 1.80. The zero-order valence-corrected chi connectivity index (χ0v) is 13.9. The van der Waals surface area contributed by atoms with E-state index in [0.717, 1.165) is 21.5 Å². The van der Waals surface area contributed by atoms with Crippen LogP contribution in [0.25, 0.3) is 0 Å². The third kappa shape index (κ3) is 3.45. The molecule has 0 fully saturated rings. The van der Waals surface area contributed by atoms with Gasteiger partial charge < -0.3 is 9.64 Å². The van der Waals surface area contributed by atoms with Gasteiger partial charge in [-0.3, -0.25) is 4.79 Å². The quantitative estimate of drug-likeness (QED) is 0.828. The second kappa shape index (κ2) is 6.76. The molecule has 0 heterocycles. The summed E-state index contributed by atoms with van der Waals surface area (Å²) < 4.78 is 6.09. The van der Waals surface area contributed by atoms with Crippen LogP contribution in [0.5, 0.6) is 5.75 Å². The van der Waals surface area contributed by atoms with Crippen molar-refractivity contribution in [2.75, 3.05) is 19.1 Å². The number of halogens is 1. The monoisotopic (exact) mass is 347 g/mol. The number of rotatable bonds is 4. The van der Waals surface area contributed by atoms with Crippen molar-refractivity contribution in [3.05, 3.63) is 58.6 Å². The number of carbonyl (C=O) groups is 1. The molecule has 0 bridgehead atoms. The van der Waals surface area contributed by atoms with Crippen molar-refractivity contribution in [2.24, 2.45) is 0 Å². The van der Waals surface area contributed by atoms with E-state index < -0.39 is 0 Å². The molecule has 4 heteroatoms. The molecule has 0 N–H and O–H groups in total. The minimum Gasteiger partial charge on any atom is -0.497 e. The topological polar surface area (TPSA) is 29.5 Å². The maximum atomic E-state index is 12.7. The highest BCUT2D eigenvalue weighted by Crippen LogP contribution is 2.31. The summed E-state index contributed by atoms with van der Waals surface area (Å²) in [6, 6.07) is 15.4. The molecule has 0 radical (unpaired) electrons. The molecule has 1 atom stereocenters. The number of anilines is 1.